The summed E-state index contributed by atoms with van der Waals surface area (Å²) in [6.07, 6.45) is 5.11. The molecule has 3 aromatic rings. The van der Waals surface area contributed by atoms with Crippen molar-refractivity contribution in [3.63, 3.8) is 0 Å². The number of H-pyrrole nitrogens is 1. The average Bonchev–Trinajstić information content (AvgIpc) is 3.25. The number of nitrogens with zero attached hydrogens (tertiary/aromatic N) is 2. The maximum absolute atomic E-state index is 12.9. The predicted octanol–water partition coefficient (Wildman–Crippen LogP) is 7.92. The third-order valence-electron chi connectivity index (χ3n) is 6.88. The molecule has 1 aliphatic heterocycles. The van der Waals surface area contributed by atoms with Crippen molar-refractivity contribution < 1.29 is 14.3 Å². The van der Waals surface area contributed by atoms with Gasteiger partial charge >= 0.3 is 6.09 Å². The Morgan fingerprint density at radius 1 is 1.16 bits per heavy atom. The number of aromatic amines is 1. The fourth-order valence-electron chi connectivity index (χ4n) is 4.92. The molecule has 2 heterocycles. The van der Waals surface area contributed by atoms with E-state index in [0.717, 1.165) is 47.3 Å². The van der Waals surface area contributed by atoms with Crippen LogP contribution in [0.15, 0.2) is 42.5 Å². The van der Waals surface area contributed by atoms with Crippen LogP contribution in [-0.2, 0) is 11.2 Å². The van der Waals surface area contributed by atoms with Gasteiger partial charge in [-0.1, -0.05) is 36.6 Å². The van der Waals surface area contributed by atoms with Crippen molar-refractivity contribution in [2.75, 3.05) is 26.3 Å². The second-order valence-corrected chi connectivity index (χ2v) is 11.5. The number of carbonyl (C=O) groups excluding carboxylic acids is 1. The molecule has 1 aliphatic rings. The number of aromatic nitrogens is 1. The maximum Gasteiger partial charge on any atom is 0.410 e. The first kappa shape index (κ1) is 28.0. The minimum absolute atomic E-state index is 0.258. The molecule has 1 unspecified atom stereocenters. The number of fused-ring (bicyclic) bond motifs is 3. The molecule has 0 spiro atoms. The van der Waals surface area contributed by atoms with Crippen molar-refractivity contribution in [2.45, 2.75) is 65.0 Å². The minimum atomic E-state index is -0.297. The Morgan fingerprint density at radius 3 is 2.65 bits per heavy atom. The van der Waals surface area contributed by atoms with Crippen LogP contribution in [0.5, 0.6) is 5.75 Å². The highest BCUT2D eigenvalue weighted by molar-refractivity contribution is 14.1. The number of hydrogen-bond donors (Lipinski definition) is 1. The van der Waals surface area contributed by atoms with E-state index in [2.05, 4.69) is 56.9 Å². The summed E-state index contributed by atoms with van der Waals surface area (Å²) in [5, 5.41) is 1.83. The van der Waals surface area contributed by atoms with Crippen molar-refractivity contribution in [1.82, 2.24) is 13.0 Å². The van der Waals surface area contributed by atoms with E-state index in [1.165, 1.54) is 24.8 Å². The number of unbranched alkanes of at least 4 members (excludes halogenated alkanes) is 3. The molecule has 1 atom stereocenters. The number of amides is 1. The fourth-order valence-corrected chi connectivity index (χ4v) is 5.44. The molecule has 1 aromatic heterocycles. The lowest BCUT2D eigenvalue weighted by Gasteiger charge is -2.35. The number of halogens is 2. The van der Waals surface area contributed by atoms with Crippen LogP contribution in [0.4, 0.5) is 4.79 Å². The van der Waals surface area contributed by atoms with Crippen LogP contribution in [0, 0.1) is 0 Å². The molecule has 0 fully saturated rings. The van der Waals surface area contributed by atoms with Crippen LogP contribution in [0.1, 0.15) is 69.3 Å². The normalized spacial score (nSPS) is 15.4. The van der Waals surface area contributed by atoms with Gasteiger partial charge in [0.1, 0.15) is 11.8 Å². The Labute approximate surface area is 239 Å². The van der Waals surface area contributed by atoms with Gasteiger partial charge in [-0.25, -0.2) is 7.91 Å². The second-order valence-electron chi connectivity index (χ2n) is 9.80. The molecule has 0 saturated carbocycles. The van der Waals surface area contributed by atoms with Crippen LogP contribution in [-0.4, -0.2) is 51.4 Å². The largest absolute Gasteiger partial charge is 0.494 e. The van der Waals surface area contributed by atoms with Crippen LogP contribution < -0.4 is 4.74 Å². The van der Waals surface area contributed by atoms with E-state index in [0.29, 0.717) is 30.8 Å². The van der Waals surface area contributed by atoms with Crippen molar-refractivity contribution in [2.24, 2.45) is 0 Å². The lowest BCUT2D eigenvalue weighted by Crippen LogP contribution is -2.40. The van der Waals surface area contributed by atoms with Gasteiger partial charge in [0, 0.05) is 63.6 Å². The van der Waals surface area contributed by atoms with Gasteiger partial charge in [-0.3, -0.25) is 4.90 Å². The van der Waals surface area contributed by atoms with Crippen molar-refractivity contribution in [3.8, 4) is 5.75 Å². The summed E-state index contributed by atoms with van der Waals surface area (Å²) in [5.74, 6) is 0.851. The predicted molar refractivity (Wildman–Crippen MR) is 159 cm³/mol. The van der Waals surface area contributed by atoms with E-state index >= 15 is 0 Å². The summed E-state index contributed by atoms with van der Waals surface area (Å²) >= 11 is 8.71. The molecule has 0 radical (unpaired) electrons. The van der Waals surface area contributed by atoms with Gasteiger partial charge in [-0.2, -0.15) is 0 Å². The van der Waals surface area contributed by atoms with Gasteiger partial charge in [0.2, 0.25) is 0 Å². The lowest BCUT2D eigenvalue weighted by atomic mass is 9.92. The molecule has 200 valence electrons. The summed E-state index contributed by atoms with van der Waals surface area (Å²) in [5.41, 5.74) is 4.28. The first-order valence-corrected chi connectivity index (χ1v) is 14.6. The van der Waals surface area contributed by atoms with Crippen LogP contribution in [0.3, 0.4) is 0 Å². The molecule has 4 rings (SSSR count). The molecular formula is C29H37ClIN3O3. The Morgan fingerprint density at radius 2 is 1.92 bits per heavy atom. The van der Waals surface area contributed by atoms with E-state index in [9.17, 15) is 4.79 Å². The fraction of sp³-hybridized carbons (Fsp3) is 0.483. The molecule has 37 heavy (non-hydrogen) atoms. The number of benzene rings is 2. The summed E-state index contributed by atoms with van der Waals surface area (Å²) < 4.78 is 13.8. The molecule has 2 aromatic carbocycles. The molecular weight excluding hydrogens is 601 g/mol. The second kappa shape index (κ2) is 13.2. The Kier molecular flexibility index (Phi) is 10.0. The summed E-state index contributed by atoms with van der Waals surface area (Å²) in [4.78, 5) is 18.3. The van der Waals surface area contributed by atoms with E-state index in [1.54, 1.807) is 0 Å². The molecule has 6 nitrogen and oxygen atoms in total. The maximum atomic E-state index is 12.9. The Bertz CT molecular complexity index is 1180. The Balaban J connectivity index is 1.42. The zero-order valence-electron chi connectivity index (χ0n) is 21.9. The molecule has 1 amide bonds. The first-order valence-electron chi connectivity index (χ1n) is 13.3. The van der Waals surface area contributed by atoms with Gasteiger partial charge in [0.15, 0.2) is 0 Å². The number of rotatable bonds is 11. The van der Waals surface area contributed by atoms with E-state index in [4.69, 9.17) is 21.1 Å². The van der Waals surface area contributed by atoms with Crippen molar-refractivity contribution >= 4 is 51.5 Å². The number of hydrogen-bond acceptors (Lipinski definition) is 4. The third kappa shape index (κ3) is 6.92. The smallest absolute Gasteiger partial charge is 0.410 e. The molecule has 1 N–H and O–H groups in total. The molecule has 0 bridgehead atoms. The highest BCUT2D eigenvalue weighted by Gasteiger charge is 2.35. The molecule has 0 saturated heterocycles. The SMILES string of the molecule is CCOC(=O)N1CCc2c([nH]c3ccc(Cl)cc23)C1c1ccc(OCCCCCCN(I)C(C)C)cc1. The van der Waals surface area contributed by atoms with E-state index in [-0.39, 0.29) is 12.1 Å². The molecule has 8 heteroatoms. The third-order valence-corrected chi connectivity index (χ3v) is 8.71. The minimum Gasteiger partial charge on any atom is -0.494 e. The standard InChI is InChI=1S/C29H37ClIN3O3/c1-4-36-29(35)33-17-15-24-25-19-22(30)11-14-26(25)32-27(24)28(33)21-9-12-23(13-10-21)37-18-8-6-5-7-16-34(31)20(2)3/h9-14,19-20,28,32H,4-8,15-18H2,1-3H3. The van der Waals surface area contributed by atoms with Gasteiger partial charge in [-0.05, 0) is 81.5 Å². The van der Waals surface area contributed by atoms with Gasteiger partial charge in [0.25, 0.3) is 0 Å². The van der Waals surface area contributed by atoms with Gasteiger partial charge in [-0.15, -0.1) is 0 Å². The Hall–Kier alpha value is -1.97. The molecule has 0 aliphatic carbocycles. The topological polar surface area (TPSA) is 57.8 Å². The monoisotopic (exact) mass is 637 g/mol. The van der Waals surface area contributed by atoms with Crippen LogP contribution in [0.25, 0.3) is 10.9 Å². The summed E-state index contributed by atoms with van der Waals surface area (Å²) in [7, 11) is 0. The van der Waals surface area contributed by atoms with Crippen molar-refractivity contribution in [3.05, 3.63) is 64.3 Å². The average molecular weight is 638 g/mol. The number of ether oxygens (including phenoxy) is 2. The highest BCUT2D eigenvalue weighted by Crippen LogP contribution is 2.39. The van der Waals surface area contributed by atoms with Gasteiger partial charge < -0.3 is 14.5 Å². The van der Waals surface area contributed by atoms with E-state index in [1.807, 2.05) is 42.2 Å². The highest BCUT2D eigenvalue weighted by atomic mass is 127. The zero-order chi connectivity index (χ0) is 26.4. The number of nitrogens with one attached hydrogen (secondary N) is 1. The quantitative estimate of drug-likeness (QED) is 0.132. The zero-order valence-corrected chi connectivity index (χ0v) is 24.8. The van der Waals surface area contributed by atoms with Gasteiger partial charge in [0.05, 0.1) is 13.2 Å². The van der Waals surface area contributed by atoms with Crippen LogP contribution in [0.2, 0.25) is 5.02 Å². The number of carbonyl (C=O) groups is 1. The lowest BCUT2D eigenvalue weighted by molar-refractivity contribution is 0.0932. The van der Waals surface area contributed by atoms with Crippen molar-refractivity contribution in [1.29, 1.82) is 0 Å². The summed E-state index contributed by atoms with van der Waals surface area (Å²) in [6, 6.07) is 14.3. The first-order chi connectivity index (χ1) is 17.9. The van der Waals surface area contributed by atoms with Crippen LogP contribution >= 0.6 is 34.5 Å². The van der Waals surface area contributed by atoms with E-state index < -0.39 is 0 Å². The summed E-state index contributed by atoms with van der Waals surface area (Å²) in [6.45, 7) is 9.06.